The van der Waals surface area contributed by atoms with Gasteiger partial charge in [-0.25, -0.2) is 0 Å². The molecule has 0 unspecified atom stereocenters. The van der Waals surface area contributed by atoms with Crippen molar-refractivity contribution < 1.29 is 14.8 Å². The molecular weight excluding hydrogens is 203 g/mol. The lowest BCUT2D eigenvalue weighted by Gasteiger charge is -2.24. The molecule has 0 amide bonds. The lowest BCUT2D eigenvalue weighted by molar-refractivity contribution is 0.391. The average molecular weight is 222 g/mol. The molecule has 2 N–H and O–H groups in total. The number of methoxy groups -OCH3 is 1. The first-order chi connectivity index (χ1) is 7.27. The molecule has 0 aliphatic carbocycles. The van der Waals surface area contributed by atoms with Gasteiger partial charge in [0.15, 0.2) is 0 Å². The second kappa shape index (κ2) is 4.48. The molecule has 0 radical (unpaired) electrons. The SMILES string of the molecule is COc1c(B(O)O)cc(C)cc1C(C)(C)C. The third-order valence-electron chi connectivity index (χ3n) is 2.55. The van der Waals surface area contributed by atoms with Crippen molar-refractivity contribution in [1.82, 2.24) is 0 Å². The fraction of sp³-hybridized carbons (Fsp3) is 0.500. The lowest BCUT2D eigenvalue weighted by Crippen LogP contribution is -2.33. The van der Waals surface area contributed by atoms with Crippen molar-refractivity contribution in [2.45, 2.75) is 33.1 Å². The first-order valence-electron chi connectivity index (χ1n) is 5.32. The minimum atomic E-state index is -1.50. The monoisotopic (exact) mass is 222 g/mol. The molecule has 1 rings (SSSR count). The molecule has 0 aliphatic rings. The molecule has 0 aliphatic heterocycles. The molecule has 4 heteroatoms. The molecule has 1 aromatic rings. The van der Waals surface area contributed by atoms with Gasteiger partial charge in [0, 0.05) is 5.46 Å². The highest BCUT2D eigenvalue weighted by atomic mass is 16.5. The van der Waals surface area contributed by atoms with Crippen LogP contribution in [0.1, 0.15) is 31.9 Å². The predicted molar refractivity (Wildman–Crippen MR) is 66.3 cm³/mol. The third-order valence-corrected chi connectivity index (χ3v) is 2.55. The second-order valence-electron chi connectivity index (χ2n) is 5.06. The summed E-state index contributed by atoms with van der Waals surface area (Å²) in [6.07, 6.45) is 0. The molecule has 0 aromatic heterocycles. The van der Waals surface area contributed by atoms with Crippen molar-refractivity contribution in [3.8, 4) is 5.75 Å². The summed E-state index contributed by atoms with van der Waals surface area (Å²) >= 11 is 0. The van der Waals surface area contributed by atoms with Gasteiger partial charge in [0.1, 0.15) is 5.75 Å². The summed E-state index contributed by atoms with van der Waals surface area (Å²) in [5.41, 5.74) is 2.31. The number of rotatable bonds is 2. The van der Waals surface area contributed by atoms with Gasteiger partial charge in [-0.1, -0.05) is 38.5 Å². The van der Waals surface area contributed by atoms with Crippen LogP contribution in [0.5, 0.6) is 5.75 Å². The standard InChI is InChI=1S/C12H19BO3/c1-8-6-9(12(2,3)4)11(16-5)10(7-8)13(14)15/h6-7,14-15H,1-5H3. The Morgan fingerprint density at radius 3 is 2.12 bits per heavy atom. The maximum absolute atomic E-state index is 9.33. The molecule has 0 spiro atoms. The molecule has 0 bridgehead atoms. The Hall–Kier alpha value is -0.995. The maximum atomic E-state index is 9.33. The van der Waals surface area contributed by atoms with Crippen molar-refractivity contribution in [1.29, 1.82) is 0 Å². The van der Waals surface area contributed by atoms with Gasteiger partial charge in [-0.05, 0) is 17.9 Å². The van der Waals surface area contributed by atoms with E-state index >= 15 is 0 Å². The van der Waals surface area contributed by atoms with Crippen molar-refractivity contribution in [3.05, 3.63) is 23.3 Å². The molecule has 88 valence electrons. The van der Waals surface area contributed by atoms with Crippen LogP contribution in [-0.2, 0) is 5.41 Å². The minimum absolute atomic E-state index is 0.0962. The van der Waals surface area contributed by atoms with E-state index in [-0.39, 0.29) is 5.41 Å². The van der Waals surface area contributed by atoms with Crippen molar-refractivity contribution in [3.63, 3.8) is 0 Å². The van der Waals surface area contributed by atoms with Crippen molar-refractivity contribution >= 4 is 12.6 Å². The van der Waals surface area contributed by atoms with Crippen LogP contribution in [0.25, 0.3) is 0 Å². The van der Waals surface area contributed by atoms with Gasteiger partial charge in [0.05, 0.1) is 7.11 Å². The predicted octanol–water partition coefficient (Wildman–Crippen LogP) is 0.981. The number of hydrogen-bond donors (Lipinski definition) is 2. The number of benzene rings is 1. The van der Waals surface area contributed by atoms with Crippen LogP contribution in [0.2, 0.25) is 0 Å². The van der Waals surface area contributed by atoms with E-state index in [1.807, 2.05) is 13.0 Å². The van der Waals surface area contributed by atoms with Crippen LogP contribution >= 0.6 is 0 Å². The van der Waals surface area contributed by atoms with Gasteiger partial charge in [-0.2, -0.15) is 0 Å². The van der Waals surface area contributed by atoms with Gasteiger partial charge >= 0.3 is 7.12 Å². The third kappa shape index (κ3) is 2.57. The van der Waals surface area contributed by atoms with E-state index in [0.29, 0.717) is 11.2 Å². The van der Waals surface area contributed by atoms with Crippen LogP contribution < -0.4 is 10.2 Å². The quantitative estimate of drug-likeness (QED) is 0.733. The Kier molecular flexibility index (Phi) is 3.66. The Morgan fingerprint density at radius 2 is 1.75 bits per heavy atom. The summed E-state index contributed by atoms with van der Waals surface area (Å²) in [5.74, 6) is 0.563. The van der Waals surface area contributed by atoms with Crippen LogP contribution in [-0.4, -0.2) is 24.3 Å². The largest absolute Gasteiger partial charge is 0.497 e. The highest BCUT2D eigenvalue weighted by Crippen LogP contribution is 2.30. The zero-order chi connectivity index (χ0) is 12.5. The van der Waals surface area contributed by atoms with Gasteiger partial charge in [-0.15, -0.1) is 0 Å². The zero-order valence-electron chi connectivity index (χ0n) is 10.5. The van der Waals surface area contributed by atoms with E-state index in [1.165, 1.54) is 0 Å². The van der Waals surface area contributed by atoms with Crippen LogP contribution in [0.3, 0.4) is 0 Å². The van der Waals surface area contributed by atoms with E-state index in [9.17, 15) is 10.0 Å². The Bertz CT molecular complexity index is 381. The molecule has 0 saturated heterocycles. The fourth-order valence-corrected chi connectivity index (χ4v) is 1.78. The zero-order valence-corrected chi connectivity index (χ0v) is 10.5. The van der Waals surface area contributed by atoms with Crippen molar-refractivity contribution in [2.75, 3.05) is 7.11 Å². The Balaban J connectivity index is 3.49. The molecule has 0 atom stereocenters. The van der Waals surface area contributed by atoms with Crippen LogP contribution in [0.15, 0.2) is 12.1 Å². The fourth-order valence-electron chi connectivity index (χ4n) is 1.78. The highest BCUT2D eigenvalue weighted by molar-refractivity contribution is 6.59. The molecular formula is C12H19BO3. The minimum Gasteiger partial charge on any atom is -0.497 e. The topological polar surface area (TPSA) is 49.7 Å². The summed E-state index contributed by atoms with van der Waals surface area (Å²) in [4.78, 5) is 0. The molecule has 0 fully saturated rings. The van der Waals surface area contributed by atoms with E-state index in [4.69, 9.17) is 4.74 Å². The summed E-state index contributed by atoms with van der Waals surface area (Å²) < 4.78 is 5.30. The first-order valence-corrected chi connectivity index (χ1v) is 5.32. The highest BCUT2D eigenvalue weighted by Gasteiger charge is 2.26. The van der Waals surface area contributed by atoms with Gasteiger partial charge in [-0.3, -0.25) is 0 Å². The maximum Gasteiger partial charge on any atom is 0.492 e. The smallest absolute Gasteiger partial charge is 0.492 e. The number of ether oxygens (including phenoxy) is 1. The van der Waals surface area contributed by atoms with Crippen LogP contribution in [0.4, 0.5) is 0 Å². The summed E-state index contributed by atoms with van der Waals surface area (Å²) in [6.45, 7) is 8.13. The van der Waals surface area contributed by atoms with Gasteiger partial charge < -0.3 is 14.8 Å². The average Bonchev–Trinajstić information content (AvgIpc) is 2.14. The molecule has 3 nitrogen and oxygen atoms in total. The number of aryl methyl sites for hydroxylation is 1. The number of hydrogen-bond acceptors (Lipinski definition) is 3. The van der Waals surface area contributed by atoms with E-state index in [1.54, 1.807) is 13.2 Å². The van der Waals surface area contributed by atoms with E-state index in [2.05, 4.69) is 20.8 Å². The molecule has 0 saturated carbocycles. The second-order valence-corrected chi connectivity index (χ2v) is 5.06. The normalized spacial score (nSPS) is 11.4. The Morgan fingerprint density at radius 1 is 1.19 bits per heavy atom. The summed E-state index contributed by atoms with van der Waals surface area (Å²) in [7, 11) is 0.0437. The van der Waals surface area contributed by atoms with Crippen LogP contribution in [0, 0.1) is 6.92 Å². The van der Waals surface area contributed by atoms with Gasteiger partial charge in [0.25, 0.3) is 0 Å². The summed E-state index contributed by atoms with van der Waals surface area (Å²) in [6, 6.07) is 3.75. The summed E-state index contributed by atoms with van der Waals surface area (Å²) in [5, 5.41) is 18.7. The Labute approximate surface area is 97.2 Å². The molecule has 0 heterocycles. The lowest BCUT2D eigenvalue weighted by atomic mass is 9.74. The first kappa shape index (κ1) is 13.1. The van der Waals surface area contributed by atoms with Crippen molar-refractivity contribution in [2.24, 2.45) is 0 Å². The molecule has 16 heavy (non-hydrogen) atoms. The van der Waals surface area contributed by atoms with E-state index < -0.39 is 7.12 Å². The van der Waals surface area contributed by atoms with Gasteiger partial charge in [0.2, 0.25) is 0 Å². The van der Waals surface area contributed by atoms with E-state index in [0.717, 1.165) is 11.1 Å². The molecule has 1 aromatic carbocycles.